The fraction of sp³-hybridized carbons (Fsp3) is 0.818. The number of hydrogen-bond donors (Lipinski definition) is 1. The van der Waals surface area contributed by atoms with Gasteiger partial charge >= 0.3 is 12.1 Å². The number of alkyl carbamates (subject to hydrolysis) is 1. The number of rotatable bonds is 8. The second-order valence-electron chi connectivity index (χ2n) is 3.58. The van der Waals surface area contributed by atoms with Gasteiger partial charge in [-0.25, -0.2) is 4.79 Å². The molecule has 0 aromatic carbocycles. The smallest absolute Gasteiger partial charge is 0.407 e. The summed E-state index contributed by atoms with van der Waals surface area (Å²) in [6.07, 6.45) is -0.470. The SMILES string of the molecule is CCSCCOC(=O)NCCOC(=O)C(C)C. The van der Waals surface area contributed by atoms with Crippen molar-refractivity contribution in [1.82, 2.24) is 5.32 Å². The first-order chi connectivity index (χ1) is 8.07. The highest BCUT2D eigenvalue weighted by Crippen LogP contribution is 1.97. The Morgan fingerprint density at radius 3 is 2.53 bits per heavy atom. The van der Waals surface area contributed by atoms with E-state index in [-0.39, 0.29) is 25.0 Å². The lowest BCUT2D eigenvalue weighted by Gasteiger charge is -2.08. The van der Waals surface area contributed by atoms with E-state index in [1.807, 2.05) is 6.92 Å². The van der Waals surface area contributed by atoms with Crippen LogP contribution in [-0.2, 0) is 14.3 Å². The van der Waals surface area contributed by atoms with E-state index >= 15 is 0 Å². The van der Waals surface area contributed by atoms with Crippen molar-refractivity contribution < 1.29 is 19.1 Å². The summed E-state index contributed by atoms with van der Waals surface area (Å²) in [4.78, 5) is 22.2. The lowest BCUT2D eigenvalue weighted by atomic mass is 10.2. The first kappa shape index (κ1) is 16.1. The summed E-state index contributed by atoms with van der Waals surface area (Å²) in [5, 5.41) is 2.51. The molecular formula is C11H21NO4S. The number of carbonyl (C=O) groups excluding carboxylic acids is 2. The maximum Gasteiger partial charge on any atom is 0.407 e. The van der Waals surface area contributed by atoms with Gasteiger partial charge in [-0.15, -0.1) is 0 Å². The fourth-order valence-corrected chi connectivity index (χ4v) is 1.35. The summed E-state index contributed by atoms with van der Waals surface area (Å²) in [5.74, 6) is 1.40. The molecule has 0 bridgehead atoms. The molecule has 100 valence electrons. The zero-order chi connectivity index (χ0) is 13.1. The normalized spacial score (nSPS) is 10.1. The number of ether oxygens (including phenoxy) is 2. The van der Waals surface area contributed by atoms with E-state index in [9.17, 15) is 9.59 Å². The van der Waals surface area contributed by atoms with Crippen LogP contribution in [0.1, 0.15) is 20.8 Å². The van der Waals surface area contributed by atoms with E-state index in [0.717, 1.165) is 11.5 Å². The molecule has 0 aliphatic carbocycles. The molecule has 1 amide bonds. The number of esters is 1. The molecule has 0 saturated heterocycles. The van der Waals surface area contributed by atoms with Crippen molar-refractivity contribution in [2.24, 2.45) is 5.92 Å². The lowest BCUT2D eigenvalue weighted by molar-refractivity contribution is -0.147. The topological polar surface area (TPSA) is 64.6 Å². The van der Waals surface area contributed by atoms with E-state index in [1.165, 1.54) is 0 Å². The van der Waals surface area contributed by atoms with Crippen LogP contribution in [0.15, 0.2) is 0 Å². The Hall–Kier alpha value is -0.910. The Morgan fingerprint density at radius 1 is 1.24 bits per heavy atom. The van der Waals surface area contributed by atoms with Crippen molar-refractivity contribution in [3.8, 4) is 0 Å². The van der Waals surface area contributed by atoms with Gasteiger partial charge in [0.25, 0.3) is 0 Å². The van der Waals surface area contributed by atoms with Crippen LogP contribution in [0.2, 0.25) is 0 Å². The van der Waals surface area contributed by atoms with Gasteiger partial charge in [0.2, 0.25) is 0 Å². The number of amides is 1. The van der Waals surface area contributed by atoms with E-state index in [0.29, 0.717) is 6.61 Å². The predicted molar refractivity (Wildman–Crippen MR) is 68.1 cm³/mol. The van der Waals surface area contributed by atoms with Gasteiger partial charge in [-0.3, -0.25) is 4.79 Å². The monoisotopic (exact) mass is 263 g/mol. The molecule has 0 aliphatic rings. The van der Waals surface area contributed by atoms with Crippen LogP contribution in [0.3, 0.4) is 0 Å². The van der Waals surface area contributed by atoms with Crippen LogP contribution in [0.25, 0.3) is 0 Å². The van der Waals surface area contributed by atoms with Gasteiger partial charge in [0.1, 0.15) is 13.2 Å². The average Bonchev–Trinajstić information content (AvgIpc) is 2.29. The zero-order valence-corrected chi connectivity index (χ0v) is 11.5. The van der Waals surface area contributed by atoms with Crippen LogP contribution < -0.4 is 5.32 Å². The minimum Gasteiger partial charge on any atom is -0.464 e. The van der Waals surface area contributed by atoms with Crippen molar-refractivity contribution in [3.05, 3.63) is 0 Å². The van der Waals surface area contributed by atoms with Gasteiger partial charge in [0.05, 0.1) is 12.5 Å². The predicted octanol–water partition coefficient (Wildman–Crippen LogP) is 1.66. The molecule has 0 unspecified atom stereocenters. The molecule has 0 spiro atoms. The number of nitrogens with one attached hydrogen (secondary N) is 1. The summed E-state index contributed by atoms with van der Waals surface area (Å²) in [7, 11) is 0. The summed E-state index contributed by atoms with van der Waals surface area (Å²) in [6, 6.07) is 0. The van der Waals surface area contributed by atoms with Gasteiger partial charge < -0.3 is 14.8 Å². The maximum atomic E-state index is 11.1. The fourth-order valence-electron chi connectivity index (χ4n) is 0.860. The van der Waals surface area contributed by atoms with E-state index in [4.69, 9.17) is 9.47 Å². The molecule has 17 heavy (non-hydrogen) atoms. The molecule has 0 saturated carbocycles. The molecular weight excluding hydrogens is 242 g/mol. The van der Waals surface area contributed by atoms with Crippen molar-refractivity contribution >= 4 is 23.8 Å². The van der Waals surface area contributed by atoms with E-state index < -0.39 is 6.09 Å². The molecule has 6 heteroatoms. The van der Waals surface area contributed by atoms with Gasteiger partial charge in [-0.2, -0.15) is 11.8 Å². The molecule has 0 rings (SSSR count). The summed E-state index contributed by atoms with van der Waals surface area (Å²) < 4.78 is 9.77. The molecule has 0 heterocycles. The Morgan fingerprint density at radius 2 is 1.94 bits per heavy atom. The molecule has 0 aliphatic heterocycles. The van der Waals surface area contributed by atoms with Gasteiger partial charge in [0, 0.05) is 5.75 Å². The van der Waals surface area contributed by atoms with Crippen LogP contribution in [-0.4, -0.2) is 43.3 Å². The average molecular weight is 263 g/mol. The number of carbonyl (C=O) groups is 2. The standard InChI is InChI=1S/C11H21NO4S/c1-4-17-8-7-16-11(14)12-5-6-15-10(13)9(2)3/h9H,4-8H2,1-3H3,(H,12,14). The number of thioether (sulfide) groups is 1. The highest BCUT2D eigenvalue weighted by molar-refractivity contribution is 7.99. The third kappa shape index (κ3) is 9.99. The van der Waals surface area contributed by atoms with Crippen LogP contribution >= 0.6 is 11.8 Å². The molecule has 0 aromatic heterocycles. The first-order valence-electron chi connectivity index (χ1n) is 5.73. The summed E-state index contributed by atoms with van der Waals surface area (Å²) >= 11 is 1.71. The third-order valence-corrected chi connectivity index (χ3v) is 2.62. The molecule has 0 radical (unpaired) electrons. The van der Waals surface area contributed by atoms with Crippen molar-refractivity contribution in [3.63, 3.8) is 0 Å². The molecule has 0 fully saturated rings. The Labute approximate surface area is 107 Å². The van der Waals surface area contributed by atoms with Crippen molar-refractivity contribution in [1.29, 1.82) is 0 Å². The second-order valence-corrected chi connectivity index (χ2v) is 4.98. The van der Waals surface area contributed by atoms with Crippen LogP contribution in [0.4, 0.5) is 4.79 Å². The van der Waals surface area contributed by atoms with E-state index in [2.05, 4.69) is 5.32 Å². The largest absolute Gasteiger partial charge is 0.464 e. The third-order valence-electron chi connectivity index (χ3n) is 1.75. The summed E-state index contributed by atoms with van der Waals surface area (Å²) in [6.45, 7) is 6.42. The minimum absolute atomic E-state index is 0.145. The molecule has 0 atom stereocenters. The van der Waals surface area contributed by atoms with Crippen LogP contribution in [0, 0.1) is 5.92 Å². The van der Waals surface area contributed by atoms with Crippen molar-refractivity contribution in [2.45, 2.75) is 20.8 Å². The Bertz CT molecular complexity index is 234. The van der Waals surface area contributed by atoms with Crippen molar-refractivity contribution in [2.75, 3.05) is 31.3 Å². The lowest BCUT2D eigenvalue weighted by Crippen LogP contribution is -2.29. The van der Waals surface area contributed by atoms with Gasteiger partial charge in [0.15, 0.2) is 0 Å². The van der Waals surface area contributed by atoms with E-state index in [1.54, 1.807) is 25.6 Å². The zero-order valence-electron chi connectivity index (χ0n) is 10.7. The first-order valence-corrected chi connectivity index (χ1v) is 6.88. The summed E-state index contributed by atoms with van der Waals surface area (Å²) in [5.41, 5.74) is 0. The highest BCUT2D eigenvalue weighted by atomic mass is 32.2. The molecule has 0 aromatic rings. The van der Waals surface area contributed by atoms with Gasteiger partial charge in [-0.1, -0.05) is 20.8 Å². The highest BCUT2D eigenvalue weighted by Gasteiger charge is 2.08. The number of hydrogen-bond acceptors (Lipinski definition) is 5. The minimum atomic E-state index is -0.470. The Balaban J connectivity index is 3.36. The Kier molecular flexibility index (Phi) is 9.71. The quantitative estimate of drug-likeness (QED) is 0.533. The molecule has 1 N–H and O–H groups in total. The maximum absolute atomic E-state index is 11.1. The second kappa shape index (κ2) is 10.3. The van der Waals surface area contributed by atoms with Gasteiger partial charge in [-0.05, 0) is 5.75 Å². The van der Waals surface area contributed by atoms with Crippen LogP contribution in [0.5, 0.6) is 0 Å². The molecule has 5 nitrogen and oxygen atoms in total.